The first-order valence-electron chi connectivity index (χ1n) is 5.81. The molecule has 3 heteroatoms. The summed E-state index contributed by atoms with van der Waals surface area (Å²) < 4.78 is 4.47. The van der Waals surface area contributed by atoms with E-state index in [9.17, 15) is 0 Å². The van der Waals surface area contributed by atoms with Crippen LogP contribution in [-0.2, 0) is 7.05 Å². The van der Waals surface area contributed by atoms with E-state index in [1.807, 2.05) is 0 Å². The van der Waals surface area contributed by atoms with Crippen molar-refractivity contribution >= 4 is 0 Å². The fourth-order valence-electron chi connectivity index (χ4n) is 2.69. The SMILES string of the molecule is Cn1cc2n1C(c1ccccc1)CCC2N. The van der Waals surface area contributed by atoms with E-state index in [2.05, 4.69) is 52.9 Å². The molecule has 1 aliphatic rings. The molecule has 0 aliphatic carbocycles. The summed E-state index contributed by atoms with van der Waals surface area (Å²) in [6.45, 7) is 0. The van der Waals surface area contributed by atoms with Crippen molar-refractivity contribution in [2.24, 2.45) is 12.8 Å². The molecule has 0 saturated carbocycles. The van der Waals surface area contributed by atoms with Gasteiger partial charge in [0, 0.05) is 19.3 Å². The second-order valence-electron chi connectivity index (χ2n) is 4.58. The highest BCUT2D eigenvalue weighted by Gasteiger charge is 2.28. The molecule has 0 bridgehead atoms. The Labute approximate surface area is 95.5 Å². The van der Waals surface area contributed by atoms with Crippen LogP contribution in [0.15, 0.2) is 36.5 Å². The van der Waals surface area contributed by atoms with Crippen molar-refractivity contribution in [3.8, 4) is 0 Å². The number of nitrogens with two attached hydrogens (primary N) is 1. The molecule has 1 aromatic heterocycles. The highest BCUT2D eigenvalue weighted by molar-refractivity contribution is 5.24. The lowest BCUT2D eigenvalue weighted by molar-refractivity contribution is 0.292. The number of benzene rings is 1. The maximum atomic E-state index is 6.09. The molecule has 2 aromatic rings. The Kier molecular flexibility index (Phi) is 2.14. The van der Waals surface area contributed by atoms with Gasteiger partial charge < -0.3 is 5.73 Å². The second kappa shape index (κ2) is 3.52. The topological polar surface area (TPSA) is 35.9 Å². The van der Waals surface area contributed by atoms with Gasteiger partial charge in [0.1, 0.15) is 0 Å². The summed E-state index contributed by atoms with van der Waals surface area (Å²) in [5.74, 6) is 0. The van der Waals surface area contributed by atoms with Crippen LogP contribution >= 0.6 is 0 Å². The van der Waals surface area contributed by atoms with Crippen molar-refractivity contribution in [1.29, 1.82) is 0 Å². The van der Waals surface area contributed by atoms with E-state index >= 15 is 0 Å². The lowest BCUT2D eigenvalue weighted by atomic mass is 9.93. The molecule has 3 rings (SSSR count). The molecule has 3 nitrogen and oxygen atoms in total. The van der Waals surface area contributed by atoms with Crippen LogP contribution in [0, 0.1) is 0 Å². The fraction of sp³-hybridized carbons (Fsp3) is 0.385. The molecule has 2 heterocycles. The predicted molar refractivity (Wildman–Crippen MR) is 64.1 cm³/mol. The normalized spacial score (nSPS) is 24.4. The summed E-state index contributed by atoms with van der Waals surface area (Å²) in [7, 11) is 2.08. The van der Waals surface area contributed by atoms with Gasteiger partial charge >= 0.3 is 0 Å². The van der Waals surface area contributed by atoms with Crippen LogP contribution in [0.5, 0.6) is 0 Å². The summed E-state index contributed by atoms with van der Waals surface area (Å²) in [6, 6.07) is 11.4. The Morgan fingerprint density at radius 3 is 2.62 bits per heavy atom. The van der Waals surface area contributed by atoms with E-state index in [-0.39, 0.29) is 6.04 Å². The molecular formula is C13H17N3. The average Bonchev–Trinajstić information content (AvgIpc) is 2.31. The largest absolute Gasteiger partial charge is 0.323 e. The van der Waals surface area contributed by atoms with E-state index in [0.717, 1.165) is 12.8 Å². The maximum absolute atomic E-state index is 6.09. The number of aromatic nitrogens is 2. The molecule has 0 spiro atoms. The third-order valence-electron chi connectivity index (χ3n) is 3.53. The first kappa shape index (κ1) is 9.73. The molecule has 0 amide bonds. The molecule has 84 valence electrons. The van der Waals surface area contributed by atoms with Crippen LogP contribution in [-0.4, -0.2) is 9.36 Å². The van der Waals surface area contributed by atoms with Gasteiger partial charge in [0.05, 0.1) is 11.7 Å². The molecule has 2 atom stereocenters. The highest BCUT2D eigenvalue weighted by Crippen LogP contribution is 2.35. The van der Waals surface area contributed by atoms with Gasteiger partial charge in [-0.05, 0) is 18.4 Å². The average molecular weight is 215 g/mol. The van der Waals surface area contributed by atoms with Crippen LogP contribution < -0.4 is 5.73 Å². The molecule has 16 heavy (non-hydrogen) atoms. The lowest BCUT2D eigenvalue weighted by Crippen LogP contribution is -2.36. The lowest BCUT2D eigenvalue weighted by Gasteiger charge is -2.38. The molecule has 0 radical (unpaired) electrons. The summed E-state index contributed by atoms with van der Waals surface area (Å²) in [6.07, 6.45) is 4.35. The quantitative estimate of drug-likeness (QED) is 0.778. The summed E-state index contributed by atoms with van der Waals surface area (Å²) in [4.78, 5) is 0. The minimum atomic E-state index is 0.219. The molecule has 2 N–H and O–H groups in total. The Bertz CT molecular complexity index is 481. The van der Waals surface area contributed by atoms with E-state index < -0.39 is 0 Å². The zero-order valence-electron chi connectivity index (χ0n) is 9.50. The molecule has 0 fully saturated rings. The number of nitrogens with zero attached hydrogens (tertiary/aromatic N) is 2. The maximum Gasteiger partial charge on any atom is 0.0753 e. The van der Waals surface area contributed by atoms with Crippen molar-refractivity contribution in [2.45, 2.75) is 24.9 Å². The van der Waals surface area contributed by atoms with Gasteiger partial charge in [-0.2, -0.15) is 0 Å². The van der Waals surface area contributed by atoms with Crippen LogP contribution in [0.25, 0.3) is 0 Å². The minimum Gasteiger partial charge on any atom is -0.323 e. The molecular weight excluding hydrogens is 198 g/mol. The van der Waals surface area contributed by atoms with Gasteiger partial charge in [0.15, 0.2) is 0 Å². The summed E-state index contributed by atoms with van der Waals surface area (Å²) in [5, 5.41) is 0. The van der Waals surface area contributed by atoms with E-state index in [0.29, 0.717) is 6.04 Å². The highest BCUT2D eigenvalue weighted by atomic mass is 15.4. The zero-order valence-corrected chi connectivity index (χ0v) is 9.50. The Balaban J connectivity index is 2.01. The number of aryl methyl sites for hydroxylation is 1. The van der Waals surface area contributed by atoms with Gasteiger partial charge in [0.25, 0.3) is 0 Å². The Morgan fingerprint density at radius 2 is 1.94 bits per heavy atom. The Hall–Kier alpha value is -1.48. The third-order valence-corrected chi connectivity index (χ3v) is 3.53. The first-order chi connectivity index (χ1) is 7.77. The monoisotopic (exact) mass is 215 g/mol. The zero-order chi connectivity index (χ0) is 11.1. The number of hydrogen-bond donors (Lipinski definition) is 1. The second-order valence-corrected chi connectivity index (χ2v) is 4.58. The first-order valence-corrected chi connectivity index (χ1v) is 5.81. The van der Waals surface area contributed by atoms with Crippen LogP contribution in [0.2, 0.25) is 0 Å². The van der Waals surface area contributed by atoms with E-state index in [1.165, 1.54) is 11.3 Å². The Morgan fingerprint density at radius 1 is 1.19 bits per heavy atom. The molecule has 1 aromatic carbocycles. The smallest absolute Gasteiger partial charge is 0.0753 e. The van der Waals surface area contributed by atoms with Crippen LogP contribution in [0.1, 0.15) is 36.2 Å². The van der Waals surface area contributed by atoms with E-state index in [1.54, 1.807) is 0 Å². The number of hydrogen-bond acceptors (Lipinski definition) is 1. The van der Waals surface area contributed by atoms with Crippen LogP contribution in [0.3, 0.4) is 0 Å². The predicted octanol–water partition coefficient (Wildman–Crippen LogP) is 2.21. The van der Waals surface area contributed by atoms with Crippen molar-refractivity contribution in [1.82, 2.24) is 9.36 Å². The fourth-order valence-corrected chi connectivity index (χ4v) is 2.69. The summed E-state index contributed by atoms with van der Waals surface area (Å²) in [5.41, 5.74) is 8.75. The third kappa shape index (κ3) is 1.32. The van der Waals surface area contributed by atoms with Gasteiger partial charge in [-0.15, -0.1) is 0 Å². The van der Waals surface area contributed by atoms with Crippen molar-refractivity contribution in [2.75, 3.05) is 0 Å². The molecule has 0 saturated heterocycles. The van der Waals surface area contributed by atoms with Gasteiger partial charge in [0.2, 0.25) is 0 Å². The van der Waals surface area contributed by atoms with Crippen LogP contribution in [0.4, 0.5) is 0 Å². The van der Waals surface area contributed by atoms with Gasteiger partial charge in [-0.25, -0.2) is 0 Å². The van der Waals surface area contributed by atoms with Crippen molar-refractivity contribution in [3.05, 3.63) is 47.8 Å². The van der Waals surface area contributed by atoms with Crippen molar-refractivity contribution < 1.29 is 0 Å². The molecule has 2 unspecified atom stereocenters. The molecule has 1 aliphatic heterocycles. The number of fused-ring (bicyclic) bond motifs is 1. The summed E-state index contributed by atoms with van der Waals surface area (Å²) >= 11 is 0. The standard InChI is InChI=1S/C13H17N3/c1-15-9-13-11(14)7-8-12(16(13)15)10-5-3-2-4-6-10/h2-6,9,11-12H,7-8,14H2,1H3. The van der Waals surface area contributed by atoms with E-state index in [4.69, 9.17) is 5.73 Å². The van der Waals surface area contributed by atoms with Gasteiger partial charge in [-0.3, -0.25) is 9.36 Å². The van der Waals surface area contributed by atoms with Crippen molar-refractivity contribution in [3.63, 3.8) is 0 Å². The minimum absolute atomic E-state index is 0.219. The van der Waals surface area contributed by atoms with Gasteiger partial charge in [-0.1, -0.05) is 30.3 Å². The number of rotatable bonds is 1.